The van der Waals surface area contributed by atoms with Gasteiger partial charge in [-0.05, 0) is 36.7 Å². The number of carbonyl (C=O) groups is 1. The van der Waals surface area contributed by atoms with Crippen LogP contribution in [0.4, 0.5) is 0 Å². The Hall–Kier alpha value is -2.46. The summed E-state index contributed by atoms with van der Waals surface area (Å²) in [5, 5.41) is 2.86. The first-order valence-electron chi connectivity index (χ1n) is 10.3. The fourth-order valence-corrected chi connectivity index (χ4v) is 4.52. The van der Waals surface area contributed by atoms with E-state index < -0.39 is 10.0 Å². The molecule has 1 fully saturated rings. The monoisotopic (exact) mass is 447 g/mol. The van der Waals surface area contributed by atoms with Gasteiger partial charge < -0.3 is 14.8 Å². The molecule has 0 unspecified atom stereocenters. The van der Waals surface area contributed by atoms with Crippen LogP contribution in [-0.4, -0.2) is 65.7 Å². The molecule has 0 atom stereocenters. The van der Waals surface area contributed by atoms with Crippen LogP contribution in [0.1, 0.15) is 22.3 Å². The molecule has 0 radical (unpaired) electrons. The van der Waals surface area contributed by atoms with Gasteiger partial charge >= 0.3 is 0 Å². The number of carbonyl (C=O) groups excluding carboxylic acids is 1. The third-order valence-electron chi connectivity index (χ3n) is 5.06. The largest absolute Gasteiger partial charge is 0.495 e. The van der Waals surface area contributed by atoms with Crippen molar-refractivity contribution in [2.45, 2.75) is 17.9 Å². The topological polar surface area (TPSA) is 97.0 Å². The van der Waals surface area contributed by atoms with Gasteiger partial charge in [-0.1, -0.05) is 30.3 Å². The van der Waals surface area contributed by atoms with E-state index in [4.69, 9.17) is 9.47 Å². The van der Waals surface area contributed by atoms with Gasteiger partial charge in [-0.25, -0.2) is 13.1 Å². The van der Waals surface area contributed by atoms with Crippen molar-refractivity contribution in [1.82, 2.24) is 14.9 Å². The lowest BCUT2D eigenvalue weighted by Crippen LogP contribution is -2.38. The number of hydrogen-bond acceptors (Lipinski definition) is 6. The number of amides is 1. The Morgan fingerprint density at radius 1 is 1.13 bits per heavy atom. The molecular weight excluding hydrogens is 418 g/mol. The van der Waals surface area contributed by atoms with Crippen LogP contribution in [0, 0.1) is 0 Å². The number of rotatable bonds is 10. The number of ether oxygens (including phenoxy) is 2. The zero-order chi connectivity index (χ0) is 22.1. The number of methoxy groups -OCH3 is 1. The summed E-state index contributed by atoms with van der Waals surface area (Å²) in [6, 6.07) is 13.6. The first-order chi connectivity index (χ1) is 15.0. The Morgan fingerprint density at radius 2 is 1.87 bits per heavy atom. The fourth-order valence-electron chi connectivity index (χ4n) is 3.31. The second-order valence-electron chi connectivity index (χ2n) is 7.24. The average Bonchev–Trinajstić information content (AvgIpc) is 2.81. The van der Waals surface area contributed by atoms with E-state index in [-0.39, 0.29) is 28.7 Å². The smallest absolute Gasteiger partial charge is 0.251 e. The van der Waals surface area contributed by atoms with E-state index in [9.17, 15) is 13.2 Å². The predicted molar refractivity (Wildman–Crippen MR) is 118 cm³/mol. The maximum absolute atomic E-state index is 12.9. The minimum atomic E-state index is -3.87. The minimum Gasteiger partial charge on any atom is -0.495 e. The predicted octanol–water partition coefficient (Wildman–Crippen LogP) is 1.63. The van der Waals surface area contributed by atoms with Crippen LogP contribution in [0.25, 0.3) is 0 Å². The molecule has 0 aromatic heterocycles. The first kappa shape index (κ1) is 23.2. The highest BCUT2D eigenvalue weighted by Crippen LogP contribution is 2.25. The van der Waals surface area contributed by atoms with Crippen molar-refractivity contribution in [2.24, 2.45) is 0 Å². The number of hydrogen-bond donors (Lipinski definition) is 2. The zero-order valence-corrected chi connectivity index (χ0v) is 18.5. The van der Waals surface area contributed by atoms with E-state index in [1.165, 1.54) is 19.2 Å². The normalized spacial score (nSPS) is 14.9. The summed E-state index contributed by atoms with van der Waals surface area (Å²) in [5.41, 5.74) is 1.10. The molecule has 1 amide bonds. The Kier molecular flexibility index (Phi) is 8.42. The third-order valence-corrected chi connectivity index (χ3v) is 6.49. The summed E-state index contributed by atoms with van der Waals surface area (Å²) < 4.78 is 38.8. The number of nitrogens with one attached hydrogen (secondary N) is 2. The molecule has 3 rings (SSSR count). The van der Waals surface area contributed by atoms with Crippen molar-refractivity contribution in [2.75, 3.05) is 46.5 Å². The second kappa shape index (κ2) is 11.2. The second-order valence-corrected chi connectivity index (χ2v) is 8.97. The van der Waals surface area contributed by atoms with Gasteiger partial charge in [-0.3, -0.25) is 9.69 Å². The van der Waals surface area contributed by atoms with Gasteiger partial charge in [-0.2, -0.15) is 0 Å². The third kappa shape index (κ3) is 6.76. The molecule has 0 aliphatic carbocycles. The summed E-state index contributed by atoms with van der Waals surface area (Å²) in [7, 11) is -2.47. The quantitative estimate of drug-likeness (QED) is 0.538. The summed E-state index contributed by atoms with van der Waals surface area (Å²) in [6.07, 6.45) is 0.811. The van der Waals surface area contributed by atoms with E-state index in [2.05, 4.69) is 14.9 Å². The van der Waals surface area contributed by atoms with Crippen molar-refractivity contribution < 1.29 is 22.7 Å². The molecule has 1 aliphatic heterocycles. The van der Waals surface area contributed by atoms with E-state index in [1.807, 2.05) is 30.3 Å². The van der Waals surface area contributed by atoms with Gasteiger partial charge in [-0.15, -0.1) is 0 Å². The lowest BCUT2D eigenvalue weighted by molar-refractivity contribution is 0.0374. The Labute approximate surface area is 183 Å². The summed E-state index contributed by atoms with van der Waals surface area (Å²) in [5.74, 6) is -0.131. The molecule has 8 nitrogen and oxygen atoms in total. The molecule has 2 N–H and O–H groups in total. The number of benzene rings is 2. The van der Waals surface area contributed by atoms with Crippen LogP contribution in [0.5, 0.6) is 5.75 Å². The average molecular weight is 448 g/mol. The van der Waals surface area contributed by atoms with Crippen LogP contribution >= 0.6 is 0 Å². The molecule has 2 aromatic rings. The molecule has 1 saturated heterocycles. The molecule has 1 heterocycles. The molecule has 31 heavy (non-hydrogen) atoms. The Morgan fingerprint density at radius 3 is 2.58 bits per heavy atom. The van der Waals surface area contributed by atoms with E-state index in [0.717, 1.165) is 44.8 Å². The number of sulfonamides is 1. The van der Waals surface area contributed by atoms with Crippen molar-refractivity contribution in [1.29, 1.82) is 0 Å². The highest BCUT2D eigenvalue weighted by molar-refractivity contribution is 7.89. The van der Waals surface area contributed by atoms with Crippen LogP contribution in [0.15, 0.2) is 53.4 Å². The maximum atomic E-state index is 12.9. The molecule has 0 spiro atoms. The highest BCUT2D eigenvalue weighted by atomic mass is 32.2. The molecule has 1 aliphatic rings. The molecule has 2 aromatic carbocycles. The standard InChI is InChI=1S/C22H29N3O5S/c1-29-20-9-8-19(22(26)23-10-5-11-25-12-14-30-15-13-25)16-21(20)31(27,28)24-17-18-6-3-2-4-7-18/h2-4,6-9,16,24H,5,10-15,17H2,1H3,(H,23,26). The number of morpholine rings is 1. The van der Waals surface area contributed by atoms with Gasteiger partial charge in [0.05, 0.1) is 20.3 Å². The summed E-state index contributed by atoms with van der Waals surface area (Å²) in [4.78, 5) is 14.8. The lowest BCUT2D eigenvalue weighted by Gasteiger charge is -2.26. The van der Waals surface area contributed by atoms with E-state index >= 15 is 0 Å². The molecular formula is C22H29N3O5S. The van der Waals surface area contributed by atoms with Crippen molar-refractivity contribution in [3.05, 3.63) is 59.7 Å². The Balaban J connectivity index is 1.61. The molecule has 168 valence electrons. The summed E-state index contributed by atoms with van der Waals surface area (Å²) >= 11 is 0. The van der Waals surface area contributed by atoms with Crippen LogP contribution in [-0.2, 0) is 21.3 Å². The highest BCUT2D eigenvalue weighted by Gasteiger charge is 2.21. The van der Waals surface area contributed by atoms with Crippen molar-refractivity contribution >= 4 is 15.9 Å². The van der Waals surface area contributed by atoms with Gasteiger partial charge in [0.15, 0.2) is 0 Å². The fraction of sp³-hybridized carbons (Fsp3) is 0.409. The molecule has 0 saturated carbocycles. The zero-order valence-electron chi connectivity index (χ0n) is 17.7. The minimum absolute atomic E-state index is 0.0631. The molecule has 9 heteroatoms. The lowest BCUT2D eigenvalue weighted by atomic mass is 10.2. The van der Waals surface area contributed by atoms with E-state index in [0.29, 0.717) is 6.54 Å². The van der Waals surface area contributed by atoms with Gasteiger partial charge in [0, 0.05) is 31.7 Å². The van der Waals surface area contributed by atoms with Crippen molar-refractivity contribution in [3.8, 4) is 5.75 Å². The van der Waals surface area contributed by atoms with Gasteiger partial charge in [0.2, 0.25) is 10.0 Å². The summed E-state index contributed by atoms with van der Waals surface area (Å²) in [6.45, 7) is 4.84. The van der Waals surface area contributed by atoms with Gasteiger partial charge in [0.25, 0.3) is 5.91 Å². The van der Waals surface area contributed by atoms with Gasteiger partial charge in [0.1, 0.15) is 10.6 Å². The number of nitrogens with zero attached hydrogens (tertiary/aromatic N) is 1. The SMILES string of the molecule is COc1ccc(C(=O)NCCCN2CCOCC2)cc1S(=O)(=O)NCc1ccccc1. The maximum Gasteiger partial charge on any atom is 0.251 e. The van der Waals surface area contributed by atoms with Crippen molar-refractivity contribution in [3.63, 3.8) is 0 Å². The van der Waals surface area contributed by atoms with Crippen LogP contribution < -0.4 is 14.8 Å². The first-order valence-corrected chi connectivity index (χ1v) is 11.8. The molecule has 0 bridgehead atoms. The van der Waals surface area contributed by atoms with Crippen LogP contribution in [0.3, 0.4) is 0 Å². The van der Waals surface area contributed by atoms with E-state index in [1.54, 1.807) is 6.07 Å². The van der Waals surface area contributed by atoms with Crippen LogP contribution in [0.2, 0.25) is 0 Å². The Bertz CT molecular complexity index is 960.